The molecule has 0 aliphatic rings. The number of thiophene rings is 1. The van der Waals surface area contributed by atoms with Crippen LogP contribution in [0.1, 0.15) is 34.0 Å². The minimum Gasteiger partial charge on any atom is -0.448 e. The number of nitrogens with one attached hydrogen (secondary N) is 1. The molecule has 23 heavy (non-hydrogen) atoms. The van der Waals surface area contributed by atoms with Gasteiger partial charge in [0.05, 0.1) is 10.7 Å². The maximum absolute atomic E-state index is 12.1. The lowest BCUT2D eigenvalue weighted by molar-refractivity contribution is -0.123. The zero-order valence-electron chi connectivity index (χ0n) is 13.2. The Kier molecular flexibility index (Phi) is 5.80. The van der Waals surface area contributed by atoms with Gasteiger partial charge in [0, 0.05) is 4.88 Å². The molecule has 1 atom stereocenters. The summed E-state index contributed by atoms with van der Waals surface area (Å²) in [6, 6.07) is 8.69. The number of halogens is 1. The summed E-state index contributed by atoms with van der Waals surface area (Å²) in [5.41, 5.74) is 1.56. The van der Waals surface area contributed by atoms with Gasteiger partial charge in [-0.05, 0) is 44.0 Å². The fraction of sp³-hybridized carbons (Fsp3) is 0.294. The molecular weight excluding hydrogens is 334 g/mol. The molecule has 1 heterocycles. The molecule has 0 unspecified atom stereocenters. The van der Waals surface area contributed by atoms with E-state index in [1.807, 2.05) is 13.8 Å². The van der Waals surface area contributed by atoms with E-state index in [-0.39, 0.29) is 0 Å². The van der Waals surface area contributed by atoms with Crippen LogP contribution in [-0.2, 0) is 16.0 Å². The van der Waals surface area contributed by atoms with Gasteiger partial charge in [-0.25, -0.2) is 4.79 Å². The van der Waals surface area contributed by atoms with Crippen molar-refractivity contribution in [2.45, 2.75) is 33.3 Å². The molecule has 1 aromatic carbocycles. The summed E-state index contributed by atoms with van der Waals surface area (Å²) in [6.45, 7) is 5.53. The summed E-state index contributed by atoms with van der Waals surface area (Å²) >= 11 is 7.39. The topological polar surface area (TPSA) is 55.4 Å². The molecule has 0 saturated heterocycles. The number of carbonyl (C=O) groups excluding carboxylic acids is 2. The molecular formula is C17H18ClNO3S. The van der Waals surface area contributed by atoms with E-state index < -0.39 is 18.0 Å². The van der Waals surface area contributed by atoms with Gasteiger partial charge in [0.2, 0.25) is 0 Å². The molecule has 2 rings (SSSR count). The minimum absolute atomic E-state index is 0.421. The lowest BCUT2D eigenvalue weighted by Crippen LogP contribution is -2.29. The third-order valence-corrected chi connectivity index (χ3v) is 5.02. The summed E-state index contributed by atoms with van der Waals surface area (Å²) in [7, 11) is 0. The van der Waals surface area contributed by atoms with Crippen LogP contribution in [0.2, 0.25) is 5.02 Å². The zero-order valence-corrected chi connectivity index (χ0v) is 14.8. The maximum atomic E-state index is 12.1. The van der Waals surface area contributed by atoms with Gasteiger partial charge in [-0.2, -0.15) is 0 Å². The molecule has 6 heteroatoms. The Balaban J connectivity index is 2.00. The molecule has 1 aromatic heterocycles. The molecule has 1 N–H and O–H groups in total. The number of aryl methyl sites for hydroxylation is 2. The first-order valence-electron chi connectivity index (χ1n) is 7.28. The summed E-state index contributed by atoms with van der Waals surface area (Å²) in [6.07, 6.45) is -0.0435. The van der Waals surface area contributed by atoms with Crippen LogP contribution in [0.15, 0.2) is 30.3 Å². The van der Waals surface area contributed by atoms with Crippen LogP contribution in [0, 0.1) is 6.92 Å². The van der Waals surface area contributed by atoms with E-state index in [2.05, 4.69) is 5.32 Å². The number of carbonyl (C=O) groups is 2. The van der Waals surface area contributed by atoms with Gasteiger partial charge in [-0.1, -0.05) is 30.7 Å². The SMILES string of the molecule is CCc1sc(C(=O)O[C@@H](C)C(=O)Nc2ccccc2Cl)cc1C. The maximum Gasteiger partial charge on any atom is 0.349 e. The number of esters is 1. The normalized spacial score (nSPS) is 11.8. The van der Waals surface area contributed by atoms with Crippen LogP contribution < -0.4 is 5.32 Å². The number of hydrogen-bond donors (Lipinski definition) is 1. The van der Waals surface area contributed by atoms with E-state index in [0.29, 0.717) is 15.6 Å². The molecule has 122 valence electrons. The van der Waals surface area contributed by atoms with Crippen molar-refractivity contribution in [3.8, 4) is 0 Å². The van der Waals surface area contributed by atoms with Crippen molar-refractivity contribution in [1.82, 2.24) is 0 Å². The van der Waals surface area contributed by atoms with Crippen LogP contribution in [0.25, 0.3) is 0 Å². The largest absolute Gasteiger partial charge is 0.448 e. The number of ether oxygens (including phenoxy) is 1. The Morgan fingerprint density at radius 2 is 2.04 bits per heavy atom. The van der Waals surface area contributed by atoms with Gasteiger partial charge >= 0.3 is 5.97 Å². The van der Waals surface area contributed by atoms with E-state index in [1.54, 1.807) is 30.3 Å². The molecule has 0 spiro atoms. The highest BCUT2D eigenvalue weighted by molar-refractivity contribution is 7.14. The zero-order chi connectivity index (χ0) is 17.0. The average molecular weight is 352 g/mol. The lowest BCUT2D eigenvalue weighted by atomic mass is 10.2. The molecule has 4 nitrogen and oxygen atoms in total. The van der Waals surface area contributed by atoms with Crippen LogP contribution in [0.5, 0.6) is 0 Å². The summed E-state index contributed by atoms with van der Waals surface area (Å²) in [5.74, 6) is -0.907. The second-order valence-corrected chi connectivity index (χ2v) is 6.63. The fourth-order valence-corrected chi connectivity index (χ4v) is 3.22. The van der Waals surface area contributed by atoms with E-state index in [4.69, 9.17) is 16.3 Å². The monoisotopic (exact) mass is 351 g/mol. The molecule has 0 bridgehead atoms. The average Bonchev–Trinajstić information content (AvgIpc) is 2.90. The number of rotatable bonds is 5. The van der Waals surface area contributed by atoms with Gasteiger partial charge in [0.1, 0.15) is 4.88 Å². The molecule has 0 radical (unpaired) electrons. The second kappa shape index (κ2) is 7.62. The molecule has 2 aromatic rings. The Morgan fingerprint density at radius 1 is 1.35 bits per heavy atom. The first-order chi connectivity index (χ1) is 10.9. The van der Waals surface area contributed by atoms with E-state index >= 15 is 0 Å². The first-order valence-corrected chi connectivity index (χ1v) is 8.47. The number of para-hydroxylation sites is 1. The summed E-state index contributed by atoms with van der Waals surface area (Å²) in [5, 5.41) is 3.08. The molecule has 0 aliphatic heterocycles. The standard InChI is InChI=1S/C17H18ClNO3S/c1-4-14-10(2)9-15(23-14)17(21)22-11(3)16(20)19-13-8-6-5-7-12(13)18/h5-9,11H,4H2,1-3H3,(H,19,20)/t11-/m0/s1. The van der Waals surface area contributed by atoms with Crippen molar-refractivity contribution in [2.24, 2.45) is 0 Å². The Hall–Kier alpha value is -1.85. The van der Waals surface area contributed by atoms with Crippen molar-refractivity contribution < 1.29 is 14.3 Å². The van der Waals surface area contributed by atoms with Crippen molar-refractivity contribution >= 4 is 40.5 Å². The highest BCUT2D eigenvalue weighted by Crippen LogP contribution is 2.24. The van der Waals surface area contributed by atoms with Crippen LogP contribution in [0.4, 0.5) is 5.69 Å². The van der Waals surface area contributed by atoms with Gasteiger partial charge in [-0.15, -0.1) is 11.3 Å². The smallest absolute Gasteiger partial charge is 0.349 e. The summed E-state index contributed by atoms with van der Waals surface area (Å²) in [4.78, 5) is 25.9. The quantitative estimate of drug-likeness (QED) is 0.809. The van der Waals surface area contributed by atoms with Gasteiger partial charge in [-0.3, -0.25) is 4.79 Å². The highest BCUT2D eigenvalue weighted by atomic mass is 35.5. The molecule has 0 aliphatic carbocycles. The van der Waals surface area contributed by atoms with Crippen molar-refractivity contribution in [2.75, 3.05) is 5.32 Å². The Bertz CT molecular complexity index is 726. The van der Waals surface area contributed by atoms with Crippen molar-refractivity contribution in [1.29, 1.82) is 0 Å². The number of hydrogen-bond acceptors (Lipinski definition) is 4. The predicted octanol–water partition coefficient (Wildman–Crippen LogP) is 4.46. The summed E-state index contributed by atoms with van der Waals surface area (Å²) < 4.78 is 5.24. The van der Waals surface area contributed by atoms with Crippen molar-refractivity contribution in [3.63, 3.8) is 0 Å². The van der Waals surface area contributed by atoms with Gasteiger partial charge in [0.25, 0.3) is 5.91 Å². The first kappa shape index (κ1) is 17.5. The molecule has 0 saturated carbocycles. The number of benzene rings is 1. The molecule has 1 amide bonds. The van der Waals surface area contributed by atoms with Crippen LogP contribution >= 0.6 is 22.9 Å². The third kappa shape index (κ3) is 4.33. The second-order valence-electron chi connectivity index (χ2n) is 5.09. The van der Waals surface area contributed by atoms with Crippen molar-refractivity contribution in [3.05, 3.63) is 50.7 Å². The number of anilines is 1. The van der Waals surface area contributed by atoms with Crippen LogP contribution in [-0.4, -0.2) is 18.0 Å². The van der Waals surface area contributed by atoms with E-state index in [9.17, 15) is 9.59 Å². The van der Waals surface area contributed by atoms with E-state index in [0.717, 1.165) is 16.9 Å². The van der Waals surface area contributed by atoms with Gasteiger partial charge in [0.15, 0.2) is 6.10 Å². The van der Waals surface area contributed by atoms with Gasteiger partial charge < -0.3 is 10.1 Å². The Labute approximate surface area is 144 Å². The molecule has 0 fully saturated rings. The lowest BCUT2D eigenvalue weighted by Gasteiger charge is -2.13. The van der Waals surface area contributed by atoms with E-state index in [1.165, 1.54) is 18.3 Å². The fourth-order valence-electron chi connectivity index (χ4n) is 2.04. The highest BCUT2D eigenvalue weighted by Gasteiger charge is 2.21. The number of amides is 1. The predicted molar refractivity (Wildman–Crippen MR) is 93.4 cm³/mol. The van der Waals surface area contributed by atoms with Crippen LogP contribution in [0.3, 0.4) is 0 Å². The minimum atomic E-state index is -0.911. The Morgan fingerprint density at radius 3 is 2.65 bits per heavy atom. The third-order valence-electron chi connectivity index (χ3n) is 3.33.